The van der Waals surface area contributed by atoms with Gasteiger partial charge < -0.3 is 20.1 Å². The molecule has 0 amide bonds. The Morgan fingerprint density at radius 2 is 1.78 bits per heavy atom. The summed E-state index contributed by atoms with van der Waals surface area (Å²) in [7, 11) is 0. The predicted molar refractivity (Wildman–Crippen MR) is 107 cm³/mol. The number of hydrogen-bond donors (Lipinski definition) is 1. The molecule has 27 heavy (non-hydrogen) atoms. The van der Waals surface area contributed by atoms with Crippen molar-refractivity contribution in [3.05, 3.63) is 35.5 Å². The van der Waals surface area contributed by atoms with E-state index in [0.29, 0.717) is 6.10 Å². The third-order valence-electron chi connectivity index (χ3n) is 5.33. The molecule has 0 radical (unpaired) electrons. The largest absolute Gasteiger partial charge is 0.399 e. The molecule has 1 aromatic carbocycles. The Morgan fingerprint density at radius 1 is 1.04 bits per heavy atom. The minimum absolute atomic E-state index is 0.145. The minimum Gasteiger partial charge on any atom is -0.399 e. The number of aromatic nitrogens is 2. The van der Waals surface area contributed by atoms with Crippen LogP contribution < -0.4 is 10.6 Å². The zero-order valence-electron chi connectivity index (χ0n) is 16.1. The molecule has 6 heteroatoms. The van der Waals surface area contributed by atoms with E-state index in [9.17, 15) is 0 Å². The van der Waals surface area contributed by atoms with Crippen LogP contribution >= 0.6 is 0 Å². The molecule has 3 aliphatic heterocycles. The highest BCUT2D eigenvalue weighted by Crippen LogP contribution is 2.44. The lowest BCUT2D eigenvalue weighted by Crippen LogP contribution is -2.38. The van der Waals surface area contributed by atoms with Gasteiger partial charge >= 0.3 is 0 Å². The Labute approximate surface area is 160 Å². The molecule has 2 atom stereocenters. The highest BCUT2D eigenvalue weighted by Gasteiger charge is 2.38. The van der Waals surface area contributed by atoms with Gasteiger partial charge in [-0.25, -0.2) is 9.97 Å². The summed E-state index contributed by atoms with van der Waals surface area (Å²) >= 11 is 0. The topological polar surface area (TPSA) is 73.5 Å². The quantitative estimate of drug-likeness (QED) is 0.820. The van der Waals surface area contributed by atoms with Crippen molar-refractivity contribution < 1.29 is 9.47 Å². The molecule has 3 aliphatic rings. The van der Waals surface area contributed by atoms with E-state index in [4.69, 9.17) is 25.2 Å². The molecule has 5 rings (SSSR count). The monoisotopic (exact) mass is 368 g/mol. The van der Waals surface area contributed by atoms with E-state index < -0.39 is 0 Å². The zero-order valence-corrected chi connectivity index (χ0v) is 16.1. The highest BCUT2D eigenvalue weighted by molar-refractivity contribution is 5.63. The van der Waals surface area contributed by atoms with Crippen molar-refractivity contribution in [2.75, 3.05) is 36.9 Å². The van der Waals surface area contributed by atoms with Crippen molar-refractivity contribution >= 4 is 11.5 Å². The smallest absolute Gasteiger partial charge is 0.161 e. The molecular weight excluding hydrogens is 340 g/mol. The van der Waals surface area contributed by atoms with Crippen LogP contribution in [-0.2, 0) is 15.9 Å². The van der Waals surface area contributed by atoms with E-state index >= 15 is 0 Å². The molecule has 1 aromatic heterocycles. The second kappa shape index (κ2) is 7.82. The van der Waals surface area contributed by atoms with Gasteiger partial charge in [-0.1, -0.05) is 13.8 Å². The minimum atomic E-state index is 0.145. The van der Waals surface area contributed by atoms with Crippen LogP contribution in [0.2, 0.25) is 0 Å². The molecular formula is C21H28N4O2. The maximum Gasteiger partial charge on any atom is 0.161 e. The molecule has 2 saturated heterocycles. The van der Waals surface area contributed by atoms with Gasteiger partial charge in [0.05, 0.1) is 31.1 Å². The Balaban J connectivity index is 0.000000872. The van der Waals surface area contributed by atoms with Crippen LogP contribution in [0.3, 0.4) is 0 Å². The van der Waals surface area contributed by atoms with Crippen LogP contribution in [0.4, 0.5) is 11.5 Å². The molecule has 0 spiro atoms. The maximum atomic E-state index is 6.16. The van der Waals surface area contributed by atoms with E-state index in [1.807, 2.05) is 38.1 Å². The van der Waals surface area contributed by atoms with Gasteiger partial charge in [0, 0.05) is 36.3 Å². The van der Waals surface area contributed by atoms with Crippen molar-refractivity contribution in [1.82, 2.24) is 9.97 Å². The standard InChI is InChI=1S/C19H22N4O2.C2H6/c20-13-3-1-12(2-4-13)18-21-15-11-14-5-6-16(25-14)17(15)19(22-18)23-7-9-24-10-8-23;1-2/h1-4,14,16H,5-11,20H2;1-2H3. The van der Waals surface area contributed by atoms with Crippen molar-refractivity contribution in [2.45, 2.75) is 45.3 Å². The number of rotatable bonds is 2. The molecule has 0 aliphatic carbocycles. The SMILES string of the molecule is CC.Nc1ccc(-c2nc3c(c(N4CCOCC4)n2)C2CCC(C3)O2)cc1. The number of nitrogen functional groups attached to an aromatic ring is 1. The first-order valence-electron chi connectivity index (χ1n) is 10.0. The van der Waals surface area contributed by atoms with Gasteiger partial charge in [0.2, 0.25) is 0 Å². The van der Waals surface area contributed by atoms with Crippen molar-refractivity contribution in [3.8, 4) is 11.4 Å². The number of anilines is 2. The van der Waals surface area contributed by atoms with E-state index in [1.54, 1.807) is 0 Å². The second-order valence-corrected chi connectivity index (χ2v) is 6.98. The summed E-state index contributed by atoms with van der Waals surface area (Å²) in [4.78, 5) is 12.2. The Bertz CT molecular complexity index is 788. The molecule has 2 N–H and O–H groups in total. The van der Waals surface area contributed by atoms with Gasteiger partial charge in [-0.15, -0.1) is 0 Å². The lowest BCUT2D eigenvalue weighted by Gasteiger charge is -2.33. The van der Waals surface area contributed by atoms with Crippen LogP contribution in [-0.4, -0.2) is 42.4 Å². The highest BCUT2D eigenvalue weighted by atomic mass is 16.5. The molecule has 0 saturated carbocycles. The van der Waals surface area contributed by atoms with Gasteiger partial charge in [-0.05, 0) is 37.1 Å². The Hall–Kier alpha value is -2.18. The van der Waals surface area contributed by atoms with Crippen LogP contribution in [0.15, 0.2) is 24.3 Å². The molecule has 144 valence electrons. The summed E-state index contributed by atoms with van der Waals surface area (Å²) in [6.07, 6.45) is 3.52. The van der Waals surface area contributed by atoms with Gasteiger partial charge in [0.15, 0.2) is 5.82 Å². The lowest BCUT2D eigenvalue weighted by atomic mass is 10.0. The molecule has 2 fully saturated rings. The second-order valence-electron chi connectivity index (χ2n) is 6.98. The molecule has 2 bridgehead atoms. The fourth-order valence-corrected chi connectivity index (χ4v) is 4.05. The summed E-state index contributed by atoms with van der Waals surface area (Å²) in [5.74, 6) is 1.81. The summed E-state index contributed by atoms with van der Waals surface area (Å²) in [5.41, 5.74) is 9.94. The van der Waals surface area contributed by atoms with Crippen LogP contribution in [0.25, 0.3) is 11.4 Å². The third kappa shape index (κ3) is 3.51. The number of nitrogens with two attached hydrogens (primary N) is 1. The lowest BCUT2D eigenvalue weighted by molar-refractivity contribution is 0.0308. The number of ether oxygens (including phenoxy) is 2. The van der Waals surface area contributed by atoms with E-state index in [1.165, 1.54) is 5.56 Å². The molecule has 2 unspecified atom stereocenters. The zero-order chi connectivity index (χ0) is 18.8. The van der Waals surface area contributed by atoms with Crippen molar-refractivity contribution in [2.24, 2.45) is 0 Å². The summed E-state index contributed by atoms with van der Waals surface area (Å²) < 4.78 is 11.7. The average molecular weight is 368 g/mol. The average Bonchev–Trinajstić information content (AvgIpc) is 3.11. The van der Waals surface area contributed by atoms with Crippen LogP contribution in [0.1, 0.15) is 44.1 Å². The third-order valence-corrected chi connectivity index (χ3v) is 5.33. The summed E-state index contributed by atoms with van der Waals surface area (Å²) in [6.45, 7) is 7.20. The fourth-order valence-electron chi connectivity index (χ4n) is 4.05. The van der Waals surface area contributed by atoms with E-state index in [0.717, 1.165) is 74.2 Å². The molecule has 2 aromatic rings. The Morgan fingerprint density at radius 3 is 2.52 bits per heavy atom. The van der Waals surface area contributed by atoms with Crippen molar-refractivity contribution in [1.29, 1.82) is 0 Å². The molecule has 6 nitrogen and oxygen atoms in total. The first-order chi connectivity index (χ1) is 13.3. The predicted octanol–water partition coefficient (Wildman–Crippen LogP) is 3.36. The number of benzene rings is 1. The van der Waals surface area contributed by atoms with Gasteiger partial charge in [0.25, 0.3) is 0 Å². The fraction of sp³-hybridized carbons (Fsp3) is 0.524. The Kier molecular flexibility index (Phi) is 5.27. The normalized spacial score (nSPS) is 23.4. The van der Waals surface area contributed by atoms with E-state index in [-0.39, 0.29) is 6.10 Å². The van der Waals surface area contributed by atoms with Crippen molar-refractivity contribution in [3.63, 3.8) is 0 Å². The summed E-state index contributed by atoms with van der Waals surface area (Å²) in [5, 5.41) is 0. The number of morpholine rings is 1. The number of nitrogens with zero attached hydrogens (tertiary/aromatic N) is 3. The maximum absolute atomic E-state index is 6.16. The number of fused-ring (bicyclic) bond motifs is 4. The van der Waals surface area contributed by atoms with E-state index in [2.05, 4.69) is 4.90 Å². The molecule has 4 heterocycles. The first-order valence-corrected chi connectivity index (χ1v) is 10.0. The first kappa shape index (κ1) is 18.2. The van der Waals surface area contributed by atoms with Gasteiger partial charge in [-0.2, -0.15) is 0 Å². The van der Waals surface area contributed by atoms with Gasteiger partial charge in [0.1, 0.15) is 5.82 Å². The van der Waals surface area contributed by atoms with Gasteiger partial charge in [-0.3, -0.25) is 0 Å². The van der Waals surface area contributed by atoms with Crippen LogP contribution in [0, 0.1) is 0 Å². The summed E-state index contributed by atoms with van der Waals surface area (Å²) in [6, 6.07) is 7.79. The van der Waals surface area contributed by atoms with Crippen LogP contribution in [0.5, 0.6) is 0 Å². The number of hydrogen-bond acceptors (Lipinski definition) is 6.